The van der Waals surface area contributed by atoms with Crippen LogP contribution in [0, 0.1) is 11.8 Å². The van der Waals surface area contributed by atoms with Gasteiger partial charge in [-0.1, -0.05) is 13.8 Å². The molecule has 1 atom stereocenters. The lowest BCUT2D eigenvalue weighted by Crippen LogP contribution is -2.33. The summed E-state index contributed by atoms with van der Waals surface area (Å²) in [7, 11) is 0. The van der Waals surface area contributed by atoms with Gasteiger partial charge in [-0.2, -0.15) is 0 Å². The monoisotopic (exact) mass is 286 g/mol. The van der Waals surface area contributed by atoms with Crippen LogP contribution in [0.4, 0.5) is 5.82 Å². The molecule has 1 aromatic heterocycles. The molecule has 0 radical (unpaired) electrons. The number of nitrogens with one attached hydrogen (secondary N) is 1. The summed E-state index contributed by atoms with van der Waals surface area (Å²) in [6.45, 7) is 4.25. The molecule has 0 aromatic carbocycles. The van der Waals surface area contributed by atoms with E-state index in [1.165, 1.54) is 12.4 Å². The molecule has 1 amide bonds. The molecule has 0 aliphatic carbocycles. The van der Waals surface area contributed by atoms with Crippen LogP contribution in [0.25, 0.3) is 0 Å². The summed E-state index contributed by atoms with van der Waals surface area (Å²) < 4.78 is 0.629. The molecular weight excluding hydrogens is 272 g/mol. The van der Waals surface area contributed by atoms with Crippen LogP contribution in [0.5, 0.6) is 0 Å². The van der Waals surface area contributed by atoms with Gasteiger partial charge in [0.2, 0.25) is 5.91 Å². The molecule has 0 bridgehead atoms. The second-order valence-corrected chi connectivity index (χ2v) is 4.61. The van der Waals surface area contributed by atoms with E-state index in [1.807, 2.05) is 13.8 Å². The molecule has 0 aliphatic heterocycles. The number of rotatable bonds is 4. The highest BCUT2D eigenvalue weighted by Gasteiger charge is 2.20. The topological polar surface area (TPSA) is 80.9 Å². The van der Waals surface area contributed by atoms with Gasteiger partial charge in [0.1, 0.15) is 4.60 Å². The number of hydrogen-bond acceptors (Lipinski definition) is 4. The van der Waals surface area contributed by atoms with Crippen LogP contribution in [0.3, 0.4) is 0 Å². The van der Waals surface area contributed by atoms with Crippen molar-refractivity contribution in [3.05, 3.63) is 17.0 Å². The molecule has 16 heavy (non-hydrogen) atoms. The summed E-state index contributed by atoms with van der Waals surface area (Å²) in [6, 6.07) is 0. The second-order valence-electron chi connectivity index (χ2n) is 3.80. The van der Waals surface area contributed by atoms with Crippen molar-refractivity contribution < 1.29 is 4.79 Å². The second kappa shape index (κ2) is 5.91. The third kappa shape index (κ3) is 3.53. The maximum atomic E-state index is 11.8. The van der Waals surface area contributed by atoms with Gasteiger partial charge >= 0.3 is 0 Å². The number of carbonyl (C=O) groups excluding carboxylic acids is 1. The highest BCUT2D eigenvalue weighted by atomic mass is 79.9. The average molecular weight is 287 g/mol. The van der Waals surface area contributed by atoms with Crippen molar-refractivity contribution in [2.45, 2.75) is 13.8 Å². The van der Waals surface area contributed by atoms with Crippen LogP contribution in [0.1, 0.15) is 13.8 Å². The first-order valence-corrected chi connectivity index (χ1v) is 5.82. The zero-order chi connectivity index (χ0) is 12.1. The van der Waals surface area contributed by atoms with E-state index in [9.17, 15) is 4.79 Å². The Bertz CT molecular complexity index is 352. The lowest BCUT2D eigenvalue weighted by Gasteiger charge is -2.17. The van der Waals surface area contributed by atoms with Crippen molar-refractivity contribution in [2.75, 3.05) is 11.9 Å². The minimum Gasteiger partial charge on any atom is -0.330 e. The van der Waals surface area contributed by atoms with E-state index in [4.69, 9.17) is 5.73 Å². The number of nitrogens with zero attached hydrogens (tertiary/aromatic N) is 2. The Hall–Kier alpha value is -1.01. The van der Waals surface area contributed by atoms with Crippen LogP contribution in [-0.2, 0) is 4.79 Å². The van der Waals surface area contributed by atoms with E-state index in [0.717, 1.165) is 0 Å². The lowest BCUT2D eigenvalue weighted by molar-refractivity contribution is -0.120. The van der Waals surface area contributed by atoms with Crippen LogP contribution < -0.4 is 11.1 Å². The van der Waals surface area contributed by atoms with E-state index in [2.05, 4.69) is 31.2 Å². The van der Waals surface area contributed by atoms with Gasteiger partial charge in [-0.3, -0.25) is 4.79 Å². The summed E-state index contributed by atoms with van der Waals surface area (Å²) in [5.41, 5.74) is 5.55. The van der Waals surface area contributed by atoms with Gasteiger partial charge in [0.15, 0.2) is 5.82 Å². The van der Waals surface area contributed by atoms with Crippen LogP contribution in [0.2, 0.25) is 0 Å². The van der Waals surface area contributed by atoms with E-state index < -0.39 is 0 Å². The quantitative estimate of drug-likeness (QED) is 0.877. The maximum absolute atomic E-state index is 11.8. The highest BCUT2D eigenvalue weighted by Crippen LogP contribution is 2.12. The first kappa shape index (κ1) is 13.1. The Balaban J connectivity index is 2.66. The maximum Gasteiger partial charge on any atom is 0.230 e. The first-order chi connectivity index (χ1) is 7.54. The van der Waals surface area contributed by atoms with Gasteiger partial charge < -0.3 is 11.1 Å². The molecule has 3 N–H and O–H groups in total. The van der Waals surface area contributed by atoms with E-state index in [1.54, 1.807) is 0 Å². The zero-order valence-corrected chi connectivity index (χ0v) is 10.9. The summed E-state index contributed by atoms with van der Waals surface area (Å²) >= 11 is 3.17. The Morgan fingerprint density at radius 3 is 2.62 bits per heavy atom. The minimum atomic E-state index is -0.203. The lowest BCUT2D eigenvalue weighted by atomic mass is 9.95. The van der Waals surface area contributed by atoms with Gasteiger partial charge in [0.05, 0.1) is 18.3 Å². The van der Waals surface area contributed by atoms with Crippen molar-refractivity contribution >= 4 is 27.7 Å². The fraction of sp³-hybridized carbons (Fsp3) is 0.500. The molecule has 0 aliphatic rings. The van der Waals surface area contributed by atoms with Gasteiger partial charge in [-0.15, -0.1) is 0 Å². The first-order valence-electron chi connectivity index (χ1n) is 5.03. The molecule has 0 saturated heterocycles. The molecule has 6 heteroatoms. The number of aromatic nitrogens is 2. The summed E-state index contributed by atoms with van der Waals surface area (Å²) in [4.78, 5) is 19.8. The highest BCUT2D eigenvalue weighted by molar-refractivity contribution is 9.10. The molecule has 0 spiro atoms. The van der Waals surface area contributed by atoms with E-state index >= 15 is 0 Å². The third-order valence-electron chi connectivity index (χ3n) is 2.27. The van der Waals surface area contributed by atoms with E-state index in [0.29, 0.717) is 17.0 Å². The van der Waals surface area contributed by atoms with Gasteiger partial charge in [-0.25, -0.2) is 9.97 Å². The number of hydrogen-bond donors (Lipinski definition) is 2. The zero-order valence-electron chi connectivity index (χ0n) is 9.27. The van der Waals surface area contributed by atoms with Crippen molar-refractivity contribution in [3.63, 3.8) is 0 Å². The Morgan fingerprint density at radius 2 is 2.19 bits per heavy atom. The Morgan fingerprint density at radius 1 is 1.50 bits per heavy atom. The predicted molar refractivity (Wildman–Crippen MR) is 65.7 cm³/mol. The van der Waals surface area contributed by atoms with Crippen molar-refractivity contribution in [2.24, 2.45) is 17.6 Å². The number of amides is 1. The molecule has 1 unspecified atom stereocenters. The fourth-order valence-corrected chi connectivity index (χ4v) is 1.48. The predicted octanol–water partition coefficient (Wildman–Crippen LogP) is 1.41. The fourth-order valence-electron chi connectivity index (χ4n) is 1.28. The average Bonchev–Trinajstić information content (AvgIpc) is 2.22. The summed E-state index contributed by atoms with van der Waals surface area (Å²) in [5.74, 6) is 0.320. The van der Waals surface area contributed by atoms with Crippen LogP contribution >= 0.6 is 15.9 Å². The van der Waals surface area contributed by atoms with Gasteiger partial charge in [0, 0.05) is 6.54 Å². The molecule has 0 saturated carbocycles. The molecule has 5 nitrogen and oxygen atoms in total. The normalized spacial score (nSPS) is 12.6. The molecule has 1 aromatic rings. The third-order valence-corrected chi connectivity index (χ3v) is 2.68. The molecule has 1 rings (SSSR count). The van der Waals surface area contributed by atoms with Crippen LogP contribution in [0.15, 0.2) is 17.0 Å². The summed E-state index contributed by atoms with van der Waals surface area (Å²) in [6.07, 6.45) is 3.03. The number of halogens is 1. The van der Waals surface area contributed by atoms with Crippen LogP contribution in [-0.4, -0.2) is 22.4 Å². The smallest absolute Gasteiger partial charge is 0.230 e. The van der Waals surface area contributed by atoms with Crippen molar-refractivity contribution in [1.82, 2.24) is 9.97 Å². The Labute approximate surface area is 103 Å². The van der Waals surface area contributed by atoms with Gasteiger partial charge in [0.25, 0.3) is 0 Å². The number of nitrogens with two attached hydrogens (primary N) is 1. The van der Waals surface area contributed by atoms with E-state index in [-0.39, 0.29) is 17.7 Å². The molecule has 1 heterocycles. The number of anilines is 1. The molecule has 0 fully saturated rings. The van der Waals surface area contributed by atoms with Crippen molar-refractivity contribution in [3.8, 4) is 0 Å². The SMILES string of the molecule is CC(C)C(CN)C(=O)Nc1cnc(Br)cn1. The van der Waals surface area contributed by atoms with Crippen molar-refractivity contribution in [1.29, 1.82) is 0 Å². The largest absolute Gasteiger partial charge is 0.330 e. The standard InChI is InChI=1S/C10H15BrN4O/c1-6(2)7(3-12)10(16)15-9-5-13-8(11)4-14-9/h4-7H,3,12H2,1-2H3,(H,14,15,16). The molecular formula is C10H15BrN4O. The Kier molecular flexibility index (Phi) is 4.82. The van der Waals surface area contributed by atoms with Gasteiger partial charge in [-0.05, 0) is 21.8 Å². The minimum absolute atomic E-state index is 0.117. The summed E-state index contributed by atoms with van der Waals surface area (Å²) in [5, 5.41) is 2.69. The molecule has 88 valence electrons. The number of carbonyl (C=O) groups is 1.